The SMILES string of the molecule is Cc1c(-n2ncc(C(=O)Nc3cnc(-n4nccn4)c(Cl)c3)c2C(F)(F)F)ccnc1N1CC(O)C1. The Bertz CT molecular complexity index is 1430. The number of aliphatic hydroxyl groups excluding tert-OH is 1. The van der Waals surface area contributed by atoms with E-state index in [1.807, 2.05) is 0 Å². The van der Waals surface area contributed by atoms with Crippen LogP contribution in [0.15, 0.2) is 43.1 Å². The maximum Gasteiger partial charge on any atom is 0.434 e. The minimum Gasteiger partial charge on any atom is -0.389 e. The molecule has 4 aromatic heterocycles. The number of rotatable bonds is 5. The molecule has 2 N–H and O–H groups in total. The Labute approximate surface area is 206 Å². The highest BCUT2D eigenvalue weighted by molar-refractivity contribution is 6.32. The lowest BCUT2D eigenvalue weighted by Crippen LogP contribution is -2.51. The van der Waals surface area contributed by atoms with Crippen LogP contribution in [0.1, 0.15) is 21.6 Å². The smallest absolute Gasteiger partial charge is 0.389 e. The first-order valence-corrected chi connectivity index (χ1v) is 10.9. The number of halogens is 4. The first-order valence-electron chi connectivity index (χ1n) is 10.5. The summed E-state index contributed by atoms with van der Waals surface area (Å²) in [4.78, 5) is 24.1. The van der Waals surface area contributed by atoms with Gasteiger partial charge in [-0.2, -0.15) is 28.5 Å². The molecule has 186 valence electrons. The Balaban J connectivity index is 1.48. The van der Waals surface area contributed by atoms with Crippen LogP contribution in [0.5, 0.6) is 0 Å². The lowest BCUT2D eigenvalue weighted by Gasteiger charge is -2.37. The molecule has 0 unspecified atom stereocenters. The van der Waals surface area contributed by atoms with Crippen molar-refractivity contribution in [3.05, 3.63) is 65.0 Å². The number of nitrogens with zero attached hydrogens (tertiary/aromatic N) is 8. The summed E-state index contributed by atoms with van der Waals surface area (Å²) in [5.74, 6) is -0.434. The predicted molar refractivity (Wildman–Crippen MR) is 121 cm³/mol. The van der Waals surface area contributed by atoms with E-state index >= 15 is 0 Å². The molecule has 0 atom stereocenters. The first kappa shape index (κ1) is 23.7. The van der Waals surface area contributed by atoms with Crippen LogP contribution in [0.3, 0.4) is 0 Å². The second kappa shape index (κ2) is 8.87. The van der Waals surface area contributed by atoms with E-state index in [9.17, 15) is 23.1 Å². The standard InChI is InChI=1S/C21H17ClF3N9O2/c1-11-16(2-3-26-18(11)32-9-13(35)10-32)33-17(21(23,24)25)14(8-30-33)20(36)31-12-6-15(22)19(27-7-12)34-28-4-5-29-34/h2-8,13,35H,9-10H2,1H3,(H,31,36). The van der Waals surface area contributed by atoms with Crippen LogP contribution in [0.4, 0.5) is 24.7 Å². The molecule has 1 saturated heterocycles. The van der Waals surface area contributed by atoms with Gasteiger partial charge in [0, 0.05) is 24.8 Å². The van der Waals surface area contributed by atoms with E-state index in [2.05, 4.69) is 30.6 Å². The molecule has 5 rings (SSSR count). The number of carbonyl (C=O) groups excluding carboxylic acids is 1. The molecule has 0 aliphatic carbocycles. The number of alkyl halides is 3. The van der Waals surface area contributed by atoms with Gasteiger partial charge < -0.3 is 15.3 Å². The highest BCUT2D eigenvalue weighted by Gasteiger charge is 2.41. The van der Waals surface area contributed by atoms with Crippen molar-refractivity contribution in [1.82, 2.24) is 34.7 Å². The summed E-state index contributed by atoms with van der Waals surface area (Å²) >= 11 is 6.19. The molecule has 5 heterocycles. The van der Waals surface area contributed by atoms with Gasteiger partial charge in [-0.15, -0.1) is 4.80 Å². The first-order chi connectivity index (χ1) is 17.1. The molecule has 1 amide bonds. The number of anilines is 2. The molecule has 36 heavy (non-hydrogen) atoms. The Kier molecular flexibility index (Phi) is 5.84. The number of aliphatic hydroxyl groups is 1. The fourth-order valence-corrected chi connectivity index (χ4v) is 4.07. The van der Waals surface area contributed by atoms with Gasteiger partial charge >= 0.3 is 6.18 Å². The quantitative estimate of drug-likeness (QED) is 0.412. The lowest BCUT2D eigenvalue weighted by atomic mass is 10.1. The minimum absolute atomic E-state index is 0.0699. The largest absolute Gasteiger partial charge is 0.434 e. The van der Waals surface area contributed by atoms with Crippen LogP contribution in [-0.4, -0.2) is 64.9 Å². The number of amides is 1. The Morgan fingerprint density at radius 1 is 1.11 bits per heavy atom. The molecule has 1 aliphatic heterocycles. The number of carbonyl (C=O) groups is 1. The summed E-state index contributed by atoms with van der Waals surface area (Å²) in [5.41, 5.74) is -1.34. The monoisotopic (exact) mass is 519 g/mol. The van der Waals surface area contributed by atoms with Crippen molar-refractivity contribution in [2.45, 2.75) is 19.2 Å². The molecule has 4 aromatic rings. The summed E-state index contributed by atoms with van der Waals surface area (Å²) in [7, 11) is 0. The topological polar surface area (TPSA) is 127 Å². The minimum atomic E-state index is -4.91. The second-order valence-electron chi connectivity index (χ2n) is 7.96. The van der Waals surface area contributed by atoms with Crippen LogP contribution in [0.25, 0.3) is 11.5 Å². The van der Waals surface area contributed by atoms with E-state index in [4.69, 9.17) is 11.6 Å². The van der Waals surface area contributed by atoms with E-state index in [1.54, 1.807) is 11.8 Å². The van der Waals surface area contributed by atoms with Crippen LogP contribution >= 0.6 is 11.6 Å². The van der Waals surface area contributed by atoms with Gasteiger partial charge in [-0.3, -0.25) is 4.79 Å². The molecular formula is C21H17ClF3N9O2. The van der Waals surface area contributed by atoms with Crippen molar-refractivity contribution >= 4 is 29.0 Å². The molecule has 0 bridgehead atoms. The van der Waals surface area contributed by atoms with E-state index in [-0.39, 0.29) is 22.2 Å². The Morgan fingerprint density at radius 3 is 2.47 bits per heavy atom. The summed E-state index contributed by atoms with van der Waals surface area (Å²) in [6, 6.07) is 2.70. The van der Waals surface area contributed by atoms with Crippen molar-refractivity contribution in [1.29, 1.82) is 0 Å². The summed E-state index contributed by atoms with van der Waals surface area (Å²) < 4.78 is 43.2. The van der Waals surface area contributed by atoms with E-state index in [0.29, 0.717) is 29.2 Å². The predicted octanol–water partition coefficient (Wildman–Crippen LogP) is 2.66. The third kappa shape index (κ3) is 4.24. The fraction of sp³-hybridized carbons (Fsp3) is 0.238. The number of aromatic nitrogens is 7. The second-order valence-corrected chi connectivity index (χ2v) is 8.36. The van der Waals surface area contributed by atoms with Gasteiger partial charge in [0.15, 0.2) is 11.5 Å². The zero-order valence-electron chi connectivity index (χ0n) is 18.5. The number of hydrogen-bond acceptors (Lipinski definition) is 8. The fourth-order valence-electron chi connectivity index (χ4n) is 3.83. The normalized spacial score (nSPS) is 14.1. The van der Waals surface area contributed by atoms with Crippen LogP contribution in [-0.2, 0) is 6.18 Å². The maximum atomic E-state index is 14.2. The van der Waals surface area contributed by atoms with Gasteiger partial charge in [0.2, 0.25) is 0 Å². The highest BCUT2D eigenvalue weighted by Crippen LogP contribution is 2.36. The van der Waals surface area contributed by atoms with Crippen molar-refractivity contribution < 1.29 is 23.1 Å². The molecule has 0 radical (unpaired) electrons. The van der Waals surface area contributed by atoms with E-state index in [0.717, 1.165) is 11.0 Å². The van der Waals surface area contributed by atoms with E-state index < -0.39 is 29.4 Å². The molecule has 0 saturated carbocycles. The van der Waals surface area contributed by atoms with E-state index in [1.165, 1.54) is 36.9 Å². The summed E-state index contributed by atoms with van der Waals surface area (Å²) in [6.45, 7) is 2.25. The summed E-state index contributed by atoms with van der Waals surface area (Å²) in [6.07, 6.45) is 0.844. The van der Waals surface area contributed by atoms with Crippen molar-refractivity contribution in [2.75, 3.05) is 23.3 Å². The zero-order chi connectivity index (χ0) is 25.6. The van der Waals surface area contributed by atoms with Gasteiger partial charge in [-0.25, -0.2) is 14.6 Å². The van der Waals surface area contributed by atoms with Gasteiger partial charge in [-0.05, 0) is 19.1 Å². The average Bonchev–Trinajstić information content (AvgIpc) is 3.48. The van der Waals surface area contributed by atoms with Crippen LogP contribution in [0.2, 0.25) is 5.02 Å². The molecule has 0 spiro atoms. The van der Waals surface area contributed by atoms with Crippen molar-refractivity contribution in [3.63, 3.8) is 0 Å². The molecule has 11 nitrogen and oxygen atoms in total. The zero-order valence-corrected chi connectivity index (χ0v) is 19.2. The number of pyridine rings is 2. The Morgan fingerprint density at radius 2 is 1.83 bits per heavy atom. The average molecular weight is 520 g/mol. The van der Waals surface area contributed by atoms with Gasteiger partial charge in [0.1, 0.15) is 5.82 Å². The number of nitrogens with one attached hydrogen (secondary N) is 1. The lowest BCUT2D eigenvalue weighted by molar-refractivity contribution is -0.143. The highest BCUT2D eigenvalue weighted by atomic mass is 35.5. The third-order valence-electron chi connectivity index (χ3n) is 5.51. The third-order valence-corrected chi connectivity index (χ3v) is 5.79. The molecule has 1 fully saturated rings. The molecule has 15 heteroatoms. The van der Waals surface area contributed by atoms with Crippen molar-refractivity contribution in [3.8, 4) is 11.5 Å². The molecule has 1 aliphatic rings. The number of hydrogen-bond donors (Lipinski definition) is 2. The molecular weight excluding hydrogens is 503 g/mol. The Hall–Kier alpha value is -4.04. The van der Waals surface area contributed by atoms with Crippen molar-refractivity contribution in [2.24, 2.45) is 0 Å². The van der Waals surface area contributed by atoms with Gasteiger partial charge in [0.05, 0.1) is 52.9 Å². The number of β-amino-alcohol motifs (C(OH)–C–C–N with tert-alkyl or cyclic N) is 1. The maximum absolute atomic E-state index is 14.2. The van der Waals surface area contributed by atoms with Crippen LogP contribution < -0.4 is 10.2 Å². The van der Waals surface area contributed by atoms with Gasteiger partial charge in [0.25, 0.3) is 5.91 Å². The van der Waals surface area contributed by atoms with Gasteiger partial charge in [-0.1, -0.05) is 11.6 Å². The van der Waals surface area contributed by atoms with Crippen LogP contribution in [0, 0.1) is 6.92 Å². The molecule has 0 aromatic carbocycles. The summed E-state index contributed by atoms with van der Waals surface area (Å²) in [5, 5.41) is 23.7.